The van der Waals surface area contributed by atoms with Crippen molar-refractivity contribution in [2.45, 2.75) is 40.0 Å². The number of carbonyl (C=O) groups excluding carboxylic acids is 1. The fourth-order valence-corrected chi connectivity index (χ4v) is 2.32. The highest BCUT2D eigenvalue weighted by Gasteiger charge is 2.25. The van der Waals surface area contributed by atoms with Gasteiger partial charge in [-0.3, -0.25) is 4.79 Å². The Balaban J connectivity index is 2.41. The average molecular weight is 227 g/mol. The van der Waals surface area contributed by atoms with Crippen LogP contribution in [0.25, 0.3) is 0 Å². The third-order valence-electron chi connectivity index (χ3n) is 3.57. The molecule has 1 heterocycles. The maximum Gasteiger partial charge on any atom is 0.309 e. The predicted octanol–water partition coefficient (Wildman–Crippen LogP) is 2.31. The molecule has 0 aromatic heterocycles. The molecule has 0 spiro atoms. The molecule has 0 saturated carbocycles. The van der Waals surface area contributed by atoms with Crippen LogP contribution < -0.4 is 0 Å². The maximum atomic E-state index is 11.3. The van der Waals surface area contributed by atoms with Crippen molar-refractivity contribution in [1.29, 1.82) is 0 Å². The number of esters is 1. The molecule has 0 bridgehead atoms. The first-order valence-electron chi connectivity index (χ1n) is 6.25. The molecular weight excluding hydrogens is 202 g/mol. The zero-order chi connectivity index (χ0) is 12.2. The number of hydrogen-bond acceptors (Lipinski definition) is 3. The van der Waals surface area contributed by atoms with Crippen LogP contribution in [0.15, 0.2) is 0 Å². The molecule has 1 aliphatic heterocycles. The molecule has 1 unspecified atom stereocenters. The Morgan fingerprint density at radius 3 is 2.69 bits per heavy atom. The van der Waals surface area contributed by atoms with Crippen LogP contribution in [-0.4, -0.2) is 37.6 Å². The number of nitrogens with zero attached hydrogens (tertiary/aromatic N) is 1. The summed E-state index contributed by atoms with van der Waals surface area (Å²) in [7, 11) is 1.46. The van der Waals surface area contributed by atoms with Crippen LogP contribution in [0.1, 0.15) is 40.0 Å². The summed E-state index contributed by atoms with van der Waals surface area (Å²) in [5, 5.41) is 0. The third kappa shape index (κ3) is 4.12. The molecule has 0 radical (unpaired) electrons. The largest absolute Gasteiger partial charge is 0.469 e. The minimum absolute atomic E-state index is 0.00814. The van der Waals surface area contributed by atoms with Crippen molar-refractivity contribution >= 4 is 5.97 Å². The number of methoxy groups -OCH3 is 1. The zero-order valence-electron chi connectivity index (χ0n) is 11.1. The van der Waals surface area contributed by atoms with E-state index >= 15 is 0 Å². The summed E-state index contributed by atoms with van der Waals surface area (Å²) >= 11 is 0. The molecule has 3 heteroatoms. The quantitative estimate of drug-likeness (QED) is 0.693. The van der Waals surface area contributed by atoms with E-state index in [1.807, 2.05) is 6.92 Å². The summed E-state index contributed by atoms with van der Waals surface area (Å²) in [4.78, 5) is 13.7. The van der Waals surface area contributed by atoms with Crippen LogP contribution in [0, 0.1) is 11.3 Å². The molecule has 94 valence electrons. The maximum absolute atomic E-state index is 11.3. The molecule has 16 heavy (non-hydrogen) atoms. The van der Waals surface area contributed by atoms with Crippen molar-refractivity contribution in [3.8, 4) is 0 Å². The van der Waals surface area contributed by atoms with Gasteiger partial charge in [-0.15, -0.1) is 0 Å². The molecule has 1 aliphatic rings. The Bertz CT molecular complexity index is 238. The zero-order valence-corrected chi connectivity index (χ0v) is 11.1. The topological polar surface area (TPSA) is 29.5 Å². The number of ether oxygens (including phenoxy) is 1. The second-order valence-corrected chi connectivity index (χ2v) is 5.74. The van der Waals surface area contributed by atoms with Crippen LogP contribution in [0.5, 0.6) is 0 Å². The molecule has 1 saturated heterocycles. The molecule has 0 amide bonds. The molecule has 1 fully saturated rings. The third-order valence-corrected chi connectivity index (χ3v) is 3.57. The second kappa shape index (κ2) is 5.67. The second-order valence-electron chi connectivity index (χ2n) is 5.74. The highest BCUT2D eigenvalue weighted by atomic mass is 16.5. The van der Waals surface area contributed by atoms with E-state index < -0.39 is 0 Å². The summed E-state index contributed by atoms with van der Waals surface area (Å²) in [6.07, 6.45) is 3.75. The van der Waals surface area contributed by atoms with E-state index in [1.54, 1.807) is 0 Å². The Morgan fingerprint density at radius 2 is 2.06 bits per heavy atom. The summed E-state index contributed by atoms with van der Waals surface area (Å²) in [5.41, 5.74) is 0.462. The lowest BCUT2D eigenvalue weighted by atomic mass is 9.85. The number of likely N-dealkylation sites (tertiary alicyclic amines) is 1. The van der Waals surface area contributed by atoms with Gasteiger partial charge in [-0.25, -0.2) is 0 Å². The fourth-order valence-electron chi connectivity index (χ4n) is 2.32. The van der Waals surface area contributed by atoms with E-state index in [1.165, 1.54) is 26.4 Å². The fraction of sp³-hybridized carbons (Fsp3) is 0.923. The molecule has 0 aromatic rings. The standard InChI is InChI=1S/C13H25NO2/c1-11(12(15)16-4)10-14-8-5-6-13(2,3)7-9-14/h11H,5-10H2,1-4H3. The SMILES string of the molecule is COC(=O)C(C)CN1CCCC(C)(C)CC1. The van der Waals surface area contributed by atoms with E-state index in [0.29, 0.717) is 5.41 Å². The minimum atomic E-state index is -0.0940. The van der Waals surface area contributed by atoms with Crippen LogP contribution in [-0.2, 0) is 9.53 Å². The highest BCUT2D eigenvalue weighted by Crippen LogP contribution is 2.29. The predicted molar refractivity (Wildman–Crippen MR) is 65.3 cm³/mol. The smallest absolute Gasteiger partial charge is 0.309 e. The molecule has 3 nitrogen and oxygen atoms in total. The van der Waals surface area contributed by atoms with E-state index in [0.717, 1.165) is 19.6 Å². The lowest BCUT2D eigenvalue weighted by Crippen LogP contribution is -2.33. The van der Waals surface area contributed by atoms with Crippen molar-refractivity contribution < 1.29 is 9.53 Å². The van der Waals surface area contributed by atoms with Crippen LogP contribution in [0.3, 0.4) is 0 Å². The summed E-state index contributed by atoms with van der Waals surface area (Å²) in [5.74, 6) is -0.102. The van der Waals surface area contributed by atoms with Gasteiger partial charge in [-0.05, 0) is 37.8 Å². The van der Waals surface area contributed by atoms with Gasteiger partial charge in [0.25, 0.3) is 0 Å². The van der Waals surface area contributed by atoms with Crippen LogP contribution in [0.4, 0.5) is 0 Å². The summed E-state index contributed by atoms with van der Waals surface area (Å²) in [6, 6.07) is 0. The van der Waals surface area contributed by atoms with Gasteiger partial charge in [0.05, 0.1) is 13.0 Å². The van der Waals surface area contributed by atoms with Crippen molar-refractivity contribution in [2.24, 2.45) is 11.3 Å². The van der Waals surface area contributed by atoms with Gasteiger partial charge in [0.1, 0.15) is 0 Å². The number of hydrogen-bond donors (Lipinski definition) is 0. The lowest BCUT2D eigenvalue weighted by molar-refractivity contribution is -0.145. The van der Waals surface area contributed by atoms with Gasteiger partial charge in [0.15, 0.2) is 0 Å². The van der Waals surface area contributed by atoms with Gasteiger partial charge in [0, 0.05) is 6.54 Å². The van der Waals surface area contributed by atoms with E-state index in [9.17, 15) is 4.79 Å². The van der Waals surface area contributed by atoms with Gasteiger partial charge in [-0.1, -0.05) is 20.8 Å². The molecular formula is C13H25NO2. The number of rotatable bonds is 3. The highest BCUT2D eigenvalue weighted by molar-refractivity contribution is 5.72. The Morgan fingerprint density at radius 1 is 1.38 bits per heavy atom. The van der Waals surface area contributed by atoms with Crippen molar-refractivity contribution in [1.82, 2.24) is 4.90 Å². The first kappa shape index (κ1) is 13.5. The molecule has 0 aliphatic carbocycles. The van der Waals surface area contributed by atoms with Crippen molar-refractivity contribution in [3.05, 3.63) is 0 Å². The minimum Gasteiger partial charge on any atom is -0.469 e. The van der Waals surface area contributed by atoms with Crippen molar-refractivity contribution in [3.63, 3.8) is 0 Å². The van der Waals surface area contributed by atoms with Crippen LogP contribution in [0.2, 0.25) is 0 Å². The van der Waals surface area contributed by atoms with Gasteiger partial charge < -0.3 is 9.64 Å². The molecule has 0 N–H and O–H groups in total. The van der Waals surface area contributed by atoms with E-state index in [-0.39, 0.29) is 11.9 Å². The molecule has 1 rings (SSSR count). The number of carbonyl (C=O) groups is 1. The lowest BCUT2D eigenvalue weighted by Gasteiger charge is -2.24. The van der Waals surface area contributed by atoms with Crippen LogP contribution >= 0.6 is 0 Å². The monoisotopic (exact) mass is 227 g/mol. The first-order valence-corrected chi connectivity index (χ1v) is 6.25. The van der Waals surface area contributed by atoms with E-state index in [2.05, 4.69) is 18.7 Å². The molecule has 0 aromatic carbocycles. The Labute approximate surface area is 99.1 Å². The Kier molecular flexibility index (Phi) is 4.78. The Hall–Kier alpha value is -0.570. The van der Waals surface area contributed by atoms with Gasteiger partial charge in [0.2, 0.25) is 0 Å². The molecule has 1 atom stereocenters. The summed E-state index contributed by atoms with van der Waals surface area (Å²) < 4.78 is 4.76. The van der Waals surface area contributed by atoms with Gasteiger partial charge in [-0.2, -0.15) is 0 Å². The van der Waals surface area contributed by atoms with Gasteiger partial charge >= 0.3 is 5.97 Å². The summed E-state index contributed by atoms with van der Waals surface area (Å²) in [6.45, 7) is 9.67. The average Bonchev–Trinajstić information content (AvgIpc) is 2.39. The first-order chi connectivity index (χ1) is 7.44. The van der Waals surface area contributed by atoms with E-state index in [4.69, 9.17) is 4.74 Å². The van der Waals surface area contributed by atoms with Crippen molar-refractivity contribution in [2.75, 3.05) is 26.7 Å². The normalized spacial score (nSPS) is 23.5.